The SMILES string of the molecule is COc1cc(C(=O)N(C)c2ccc(C)cc2OCCCCCCN2CCN(C)CC2)ccc1NC(=O)c1ccccc1OCCCNC(=O)OC(C)(C)C. The first-order valence-electron chi connectivity index (χ1n) is 18.9. The molecule has 1 heterocycles. The highest BCUT2D eigenvalue weighted by Gasteiger charge is 2.21. The van der Waals surface area contributed by atoms with Crippen molar-refractivity contribution in [1.82, 2.24) is 15.1 Å². The summed E-state index contributed by atoms with van der Waals surface area (Å²) in [6.45, 7) is 14.4. The molecule has 0 spiro atoms. The Hall–Kier alpha value is -4.81. The van der Waals surface area contributed by atoms with Crippen LogP contribution in [0.3, 0.4) is 0 Å². The number of anilines is 2. The van der Waals surface area contributed by atoms with Gasteiger partial charge < -0.3 is 44.3 Å². The highest BCUT2D eigenvalue weighted by atomic mass is 16.6. The third-order valence-corrected chi connectivity index (χ3v) is 9.08. The predicted molar refractivity (Wildman–Crippen MR) is 214 cm³/mol. The summed E-state index contributed by atoms with van der Waals surface area (Å²) in [7, 11) is 5.40. The van der Waals surface area contributed by atoms with E-state index in [-0.39, 0.29) is 12.5 Å². The molecule has 1 saturated heterocycles. The first kappa shape index (κ1) is 41.9. The predicted octanol–water partition coefficient (Wildman–Crippen LogP) is 7.01. The van der Waals surface area contributed by atoms with Crippen molar-refractivity contribution in [2.75, 3.05) is 83.9 Å². The Balaban J connectivity index is 1.30. The number of nitrogens with one attached hydrogen (secondary N) is 2. The lowest BCUT2D eigenvalue weighted by Gasteiger charge is -2.32. The van der Waals surface area contributed by atoms with Gasteiger partial charge in [0.2, 0.25) is 0 Å². The van der Waals surface area contributed by atoms with Crippen LogP contribution < -0.4 is 29.7 Å². The molecule has 0 aliphatic carbocycles. The van der Waals surface area contributed by atoms with Gasteiger partial charge in [-0.05, 0) is 109 Å². The van der Waals surface area contributed by atoms with Gasteiger partial charge >= 0.3 is 6.09 Å². The lowest BCUT2D eigenvalue weighted by atomic mass is 10.1. The molecule has 0 aromatic heterocycles. The molecule has 54 heavy (non-hydrogen) atoms. The average Bonchev–Trinajstić information content (AvgIpc) is 3.14. The first-order chi connectivity index (χ1) is 25.8. The Bertz CT molecular complexity index is 1680. The van der Waals surface area contributed by atoms with Gasteiger partial charge in [-0.15, -0.1) is 0 Å². The average molecular weight is 746 g/mol. The van der Waals surface area contributed by atoms with E-state index in [4.69, 9.17) is 18.9 Å². The van der Waals surface area contributed by atoms with Crippen LogP contribution in [0.1, 0.15) is 79.2 Å². The maximum absolute atomic E-state index is 13.8. The minimum atomic E-state index is -0.577. The van der Waals surface area contributed by atoms with E-state index in [0.29, 0.717) is 59.3 Å². The molecule has 0 unspecified atom stereocenters. The Morgan fingerprint density at radius 2 is 1.52 bits per heavy atom. The van der Waals surface area contributed by atoms with Crippen LogP contribution in [0.15, 0.2) is 60.7 Å². The van der Waals surface area contributed by atoms with Crippen molar-refractivity contribution < 1.29 is 33.3 Å². The number of carbonyl (C=O) groups is 3. The molecule has 4 rings (SSSR count). The van der Waals surface area contributed by atoms with Crippen molar-refractivity contribution in [3.8, 4) is 17.2 Å². The molecular weight excluding hydrogens is 686 g/mol. The zero-order chi connectivity index (χ0) is 39.1. The molecule has 3 aromatic carbocycles. The van der Waals surface area contributed by atoms with Crippen LogP contribution in [0.2, 0.25) is 0 Å². The van der Waals surface area contributed by atoms with E-state index in [1.807, 2.05) is 25.1 Å². The minimum Gasteiger partial charge on any atom is -0.495 e. The number of methoxy groups -OCH3 is 1. The quantitative estimate of drug-likeness (QED) is 0.133. The molecule has 294 valence electrons. The van der Waals surface area contributed by atoms with Crippen LogP contribution in [0.5, 0.6) is 17.2 Å². The number of aryl methyl sites for hydroxylation is 1. The number of unbranched alkanes of at least 4 members (excludes halogenated alkanes) is 3. The number of carbonyl (C=O) groups excluding carboxylic acids is 3. The fourth-order valence-electron chi connectivity index (χ4n) is 6.02. The van der Waals surface area contributed by atoms with E-state index in [1.165, 1.54) is 20.0 Å². The third kappa shape index (κ3) is 13.2. The number of hydrogen-bond acceptors (Lipinski definition) is 9. The Morgan fingerprint density at radius 1 is 0.815 bits per heavy atom. The highest BCUT2D eigenvalue weighted by Crippen LogP contribution is 2.32. The van der Waals surface area contributed by atoms with Gasteiger partial charge in [-0.3, -0.25) is 9.59 Å². The molecule has 1 aliphatic heterocycles. The van der Waals surface area contributed by atoms with Gasteiger partial charge in [0.1, 0.15) is 22.8 Å². The van der Waals surface area contributed by atoms with Crippen LogP contribution in [-0.2, 0) is 4.74 Å². The molecule has 3 amide bonds. The van der Waals surface area contributed by atoms with Gasteiger partial charge in [0.05, 0.1) is 37.3 Å². The van der Waals surface area contributed by atoms with Gasteiger partial charge in [-0.25, -0.2) is 4.79 Å². The molecular formula is C42H59N5O7. The maximum Gasteiger partial charge on any atom is 0.407 e. The van der Waals surface area contributed by atoms with Crippen molar-refractivity contribution >= 4 is 29.3 Å². The summed E-state index contributed by atoms with van der Waals surface area (Å²) in [6, 6.07) is 17.7. The number of hydrogen-bond donors (Lipinski definition) is 2. The lowest BCUT2D eigenvalue weighted by molar-refractivity contribution is 0.0525. The van der Waals surface area contributed by atoms with Crippen molar-refractivity contribution in [1.29, 1.82) is 0 Å². The summed E-state index contributed by atoms with van der Waals surface area (Å²) in [5, 5.41) is 5.59. The number of piperazine rings is 1. The van der Waals surface area contributed by atoms with Gasteiger partial charge in [0, 0.05) is 45.3 Å². The van der Waals surface area contributed by atoms with Gasteiger partial charge in [0.25, 0.3) is 11.8 Å². The number of likely N-dealkylation sites (N-methyl/N-ethyl adjacent to an activating group) is 1. The van der Waals surface area contributed by atoms with Crippen LogP contribution in [0, 0.1) is 6.92 Å². The monoisotopic (exact) mass is 745 g/mol. The summed E-state index contributed by atoms with van der Waals surface area (Å²) in [6.07, 6.45) is 4.43. The largest absolute Gasteiger partial charge is 0.495 e. The molecule has 2 N–H and O–H groups in total. The number of benzene rings is 3. The molecule has 12 heteroatoms. The normalized spacial score (nSPS) is 13.5. The summed E-state index contributed by atoms with van der Waals surface area (Å²) >= 11 is 0. The highest BCUT2D eigenvalue weighted by molar-refractivity contribution is 6.09. The zero-order valence-electron chi connectivity index (χ0n) is 33.2. The number of nitrogens with zero attached hydrogens (tertiary/aromatic N) is 3. The van der Waals surface area contributed by atoms with Crippen LogP contribution in [-0.4, -0.2) is 107 Å². The fraction of sp³-hybridized carbons (Fsp3) is 0.500. The molecule has 0 radical (unpaired) electrons. The number of amides is 3. The summed E-state index contributed by atoms with van der Waals surface area (Å²) in [5.74, 6) is 0.755. The Kier molecular flexibility index (Phi) is 16.0. The van der Waals surface area contributed by atoms with Gasteiger partial charge in [-0.2, -0.15) is 0 Å². The van der Waals surface area contributed by atoms with E-state index < -0.39 is 17.6 Å². The Labute approximate surface area is 321 Å². The van der Waals surface area contributed by atoms with Gasteiger partial charge in [0.15, 0.2) is 0 Å². The lowest BCUT2D eigenvalue weighted by Crippen LogP contribution is -2.44. The molecule has 0 bridgehead atoms. The molecule has 1 aliphatic rings. The van der Waals surface area contributed by atoms with E-state index in [0.717, 1.165) is 51.1 Å². The fourth-order valence-corrected chi connectivity index (χ4v) is 6.02. The standard InChI is InChI=1S/C42H59N5O7/c1-31-17-20-35(38(29-31)53-27-13-9-8-12-22-47-25-23-45(5)24-26-47)46(6)40(49)32-18-19-34(37(30-32)51-7)44-39(48)33-15-10-11-16-36(33)52-28-14-21-43-41(50)54-42(2,3)4/h10-11,15-20,29-30H,8-9,12-14,21-28H2,1-7H3,(H,43,50)(H,44,48). The van der Waals surface area contributed by atoms with Crippen LogP contribution in [0.4, 0.5) is 16.2 Å². The van der Waals surface area contributed by atoms with Crippen LogP contribution >= 0.6 is 0 Å². The second-order valence-electron chi connectivity index (χ2n) is 14.7. The number of ether oxygens (including phenoxy) is 4. The number of para-hydroxylation sites is 1. The van der Waals surface area contributed by atoms with E-state index >= 15 is 0 Å². The maximum atomic E-state index is 13.8. The minimum absolute atomic E-state index is 0.247. The first-order valence-corrected chi connectivity index (χ1v) is 18.9. The van der Waals surface area contributed by atoms with E-state index in [1.54, 1.807) is 75.2 Å². The second kappa shape index (κ2) is 20.6. The second-order valence-corrected chi connectivity index (χ2v) is 14.7. The Morgan fingerprint density at radius 3 is 2.26 bits per heavy atom. The smallest absolute Gasteiger partial charge is 0.407 e. The van der Waals surface area contributed by atoms with Crippen molar-refractivity contribution in [2.24, 2.45) is 0 Å². The van der Waals surface area contributed by atoms with Crippen molar-refractivity contribution in [2.45, 2.75) is 65.4 Å². The van der Waals surface area contributed by atoms with E-state index in [2.05, 4.69) is 27.5 Å². The third-order valence-electron chi connectivity index (χ3n) is 9.08. The zero-order valence-corrected chi connectivity index (χ0v) is 33.2. The number of alkyl carbamates (subject to hydrolysis) is 1. The molecule has 3 aromatic rings. The molecule has 0 saturated carbocycles. The molecule has 12 nitrogen and oxygen atoms in total. The molecule has 0 atom stereocenters. The van der Waals surface area contributed by atoms with Crippen molar-refractivity contribution in [3.63, 3.8) is 0 Å². The summed E-state index contributed by atoms with van der Waals surface area (Å²) in [4.78, 5) is 45.6. The summed E-state index contributed by atoms with van der Waals surface area (Å²) in [5.41, 5.74) is 2.27. The van der Waals surface area contributed by atoms with Crippen molar-refractivity contribution in [3.05, 3.63) is 77.4 Å². The van der Waals surface area contributed by atoms with Crippen LogP contribution in [0.25, 0.3) is 0 Å². The summed E-state index contributed by atoms with van der Waals surface area (Å²) < 4.78 is 23.0. The van der Waals surface area contributed by atoms with Gasteiger partial charge in [-0.1, -0.05) is 31.0 Å². The number of rotatable bonds is 18. The molecule has 1 fully saturated rings. The van der Waals surface area contributed by atoms with E-state index in [9.17, 15) is 14.4 Å². The topological polar surface area (TPSA) is 122 Å².